The van der Waals surface area contributed by atoms with Crippen molar-refractivity contribution in [3.8, 4) is 5.69 Å². The average Bonchev–Trinajstić information content (AvgIpc) is 3.23. The summed E-state index contributed by atoms with van der Waals surface area (Å²) in [5.41, 5.74) is 4.52. The van der Waals surface area contributed by atoms with Gasteiger partial charge in [0.05, 0.1) is 11.4 Å². The van der Waals surface area contributed by atoms with Crippen molar-refractivity contribution >= 4 is 23.4 Å². The molecule has 1 fully saturated rings. The summed E-state index contributed by atoms with van der Waals surface area (Å²) >= 11 is 1.38. The van der Waals surface area contributed by atoms with Gasteiger partial charge in [0.2, 0.25) is 11.1 Å². The number of carbonyl (C=O) groups is 1. The molecule has 1 aliphatic heterocycles. The lowest BCUT2D eigenvalue weighted by molar-refractivity contribution is -0.128. The Morgan fingerprint density at radius 3 is 2.45 bits per heavy atom. The number of tetrazole rings is 1. The van der Waals surface area contributed by atoms with Gasteiger partial charge in [-0.05, 0) is 59.7 Å². The first-order valence-corrected chi connectivity index (χ1v) is 10.7. The Hall–Kier alpha value is -2.87. The van der Waals surface area contributed by atoms with Crippen LogP contribution in [0.3, 0.4) is 0 Å². The lowest BCUT2D eigenvalue weighted by atomic mass is 10.1. The molecule has 4 rings (SSSR count). The fourth-order valence-electron chi connectivity index (χ4n) is 3.36. The van der Waals surface area contributed by atoms with Gasteiger partial charge in [0.1, 0.15) is 0 Å². The lowest BCUT2D eigenvalue weighted by Gasteiger charge is -2.36. The predicted octanol–water partition coefficient (Wildman–Crippen LogP) is 2.72. The standard InChI is InChI=1S/C21H24N6OS/c1-16-8-9-19(14-17(16)2)27-21(22-23-24-27)29-15-20(28)26-12-10-25(11-13-26)18-6-4-3-5-7-18/h3-9,14H,10-13,15H2,1-2H3. The van der Waals surface area contributed by atoms with Crippen molar-refractivity contribution in [1.82, 2.24) is 25.1 Å². The maximum absolute atomic E-state index is 12.7. The second-order valence-corrected chi connectivity index (χ2v) is 8.08. The Balaban J connectivity index is 1.34. The average molecular weight is 409 g/mol. The highest BCUT2D eigenvalue weighted by Crippen LogP contribution is 2.21. The maximum Gasteiger partial charge on any atom is 0.233 e. The Morgan fingerprint density at radius 2 is 1.72 bits per heavy atom. The molecule has 2 heterocycles. The summed E-state index contributed by atoms with van der Waals surface area (Å²) < 4.78 is 1.69. The third-order valence-electron chi connectivity index (χ3n) is 5.25. The van der Waals surface area contributed by atoms with Gasteiger partial charge in [-0.15, -0.1) is 5.10 Å². The van der Waals surface area contributed by atoms with Crippen LogP contribution in [0.25, 0.3) is 5.69 Å². The van der Waals surface area contributed by atoms with Crippen LogP contribution in [0, 0.1) is 13.8 Å². The Bertz CT molecular complexity index is 982. The van der Waals surface area contributed by atoms with Crippen LogP contribution in [0.5, 0.6) is 0 Å². The van der Waals surface area contributed by atoms with E-state index in [4.69, 9.17) is 0 Å². The molecule has 0 aliphatic carbocycles. The highest BCUT2D eigenvalue weighted by atomic mass is 32.2. The van der Waals surface area contributed by atoms with Crippen LogP contribution in [0.15, 0.2) is 53.7 Å². The molecule has 150 valence electrons. The van der Waals surface area contributed by atoms with E-state index in [1.807, 2.05) is 29.2 Å². The molecule has 1 amide bonds. The summed E-state index contributed by atoms with van der Waals surface area (Å²) in [6.07, 6.45) is 0. The number of thioether (sulfide) groups is 1. The van der Waals surface area contributed by atoms with E-state index in [1.165, 1.54) is 28.6 Å². The maximum atomic E-state index is 12.7. The number of aryl methyl sites for hydroxylation is 2. The minimum absolute atomic E-state index is 0.123. The molecule has 29 heavy (non-hydrogen) atoms. The van der Waals surface area contributed by atoms with E-state index in [0.29, 0.717) is 10.9 Å². The second kappa shape index (κ2) is 8.65. The molecule has 0 spiro atoms. The molecular formula is C21H24N6OS. The predicted molar refractivity (Wildman–Crippen MR) is 115 cm³/mol. The van der Waals surface area contributed by atoms with Crippen LogP contribution in [0.2, 0.25) is 0 Å². The topological polar surface area (TPSA) is 67.2 Å². The molecule has 8 heteroatoms. The van der Waals surface area contributed by atoms with Crippen molar-refractivity contribution in [1.29, 1.82) is 0 Å². The van der Waals surface area contributed by atoms with E-state index >= 15 is 0 Å². The third-order valence-corrected chi connectivity index (χ3v) is 6.16. The van der Waals surface area contributed by atoms with Gasteiger partial charge in [-0.1, -0.05) is 36.0 Å². The first-order chi connectivity index (χ1) is 14.1. The zero-order valence-electron chi connectivity index (χ0n) is 16.7. The molecule has 0 atom stereocenters. The molecule has 0 radical (unpaired) electrons. The Kier molecular flexibility index (Phi) is 5.80. The van der Waals surface area contributed by atoms with Gasteiger partial charge < -0.3 is 9.80 Å². The van der Waals surface area contributed by atoms with Gasteiger partial charge in [-0.3, -0.25) is 4.79 Å². The fourth-order valence-corrected chi connectivity index (χ4v) is 4.15. The minimum Gasteiger partial charge on any atom is -0.368 e. The number of aromatic nitrogens is 4. The van der Waals surface area contributed by atoms with E-state index in [0.717, 1.165) is 31.9 Å². The molecule has 0 saturated carbocycles. The normalized spacial score (nSPS) is 14.3. The smallest absolute Gasteiger partial charge is 0.233 e. The third kappa shape index (κ3) is 4.42. The van der Waals surface area contributed by atoms with Crippen LogP contribution < -0.4 is 4.90 Å². The minimum atomic E-state index is 0.123. The summed E-state index contributed by atoms with van der Waals surface area (Å²) in [5, 5.41) is 12.6. The second-order valence-electron chi connectivity index (χ2n) is 7.13. The number of piperazine rings is 1. The molecule has 0 N–H and O–H groups in total. The van der Waals surface area contributed by atoms with Gasteiger partial charge in [0, 0.05) is 31.9 Å². The highest BCUT2D eigenvalue weighted by Gasteiger charge is 2.22. The zero-order valence-corrected chi connectivity index (χ0v) is 17.5. The van der Waals surface area contributed by atoms with Crippen molar-refractivity contribution in [2.24, 2.45) is 0 Å². The number of benzene rings is 2. The molecule has 7 nitrogen and oxygen atoms in total. The van der Waals surface area contributed by atoms with Crippen molar-refractivity contribution in [3.05, 3.63) is 59.7 Å². The first kappa shape index (κ1) is 19.4. The van der Waals surface area contributed by atoms with Crippen LogP contribution in [0.1, 0.15) is 11.1 Å². The van der Waals surface area contributed by atoms with Crippen LogP contribution in [-0.4, -0.2) is 62.9 Å². The van der Waals surface area contributed by atoms with Crippen molar-refractivity contribution < 1.29 is 4.79 Å². The van der Waals surface area contributed by atoms with E-state index in [-0.39, 0.29) is 5.91 Å². The van der Waals surface area contributed by atoms with E-state index < -0.39 is 0 Å². The molecule has 0 bridgehead atoms. The highest BCUT2D eigenvalue weighted by molar-refractivity contribution is 7.99. The van der Waals surface area contributed by atoms with Crippen LogP contribution in [0.4, 0.5) is 5.69 Å². The van der Waals surface area contributed by atoms with Gasteiger partial charge in [0.15, 0.2) is 0 Å². The van der Waals surface area contributed by atoms with Crippen LogP contribution >= 0.6 is 11.8 Å². The fraction of sp³-hybridized carbons (Fsp3) is 0.333. The number of para-hydroxylation sites is 1. The van der Waals surface area contributed by atoms with E-state index in [9.17, 15) is 4.79 Å². The van der Waals surface area contributed by atoms with E-state index in [1.54, 1.807) is 4.68 Å². The van der Waals surface area contributed by atoms with E-state index in [2.05, 4.69) is 58.5 Å². The summed E-state index contributed by atoms with van der Waals surface area (Å²) in [6.45, 7) is 7.30. The molecule has 2 aromatic carbocycles. The molecule has 1 aromatic heterocycles. The molecule has 1 saturated heterocycles. The van der Waals surface area contributed by atoms with Crippen molar-refractivity contribution in [2.75, 3.05) is 36.8 Å². The van der Waals surface area contributed by atoms with Crippen molar-refractivity contribution in [2.45, 2.75) is 19.0 Å². The number of nitrogens with zero attached hydrogens (tertiary/aromatic N) is 6. The van der Waals surface area contributed by atoms with Gasteiger partial charge in [0.25, 0.3) is 0 Å². The number of hydrogen-bond donors (Lipinski definition) is 0. The summed E-state index contributed by atoms with van der Waals surface area (Å²) in [7, 11) is 0. The Labute approximate surface area is 174 Å². The number of amides is 1. The monoisotopic (exact) mass is 408 g/mol. The SMILES string of the molecule is Cc1ccc(-n2nnnc2SCC(=O)N2CCN(c3ccccc3)CC2)cc1C. The molecule has 0 unspecified atom stereocenters. The van der Waals surface area contributed by atoms with Crippen LogP contribution in [-0.2, 0) is 4.79 Å². The first-order valence-electron chi connectivity index (χ1n) is 9.68. The number of anilines is 1. The molecule has 3 aromatic rings. The lowest BCUT2D eigenvalue weighted by Crippen LogP contribution is -2.49. The zero-order chi connectivity index (χ0) is 20.2. The summed E-state index contributed by atoms with van der Waals surface area (Å²) in [6, 6.07) is 16.4. The van der Waals surface area contributed by atoms with Gasteiger partial charge in [-0.2, -0.15) is 4.68 Å². The largest absolute Gasteiger partial charge is 0.368 e. The molecular weight excluding hydrogens is 384 g/mol. The quantitative estimate of drug-likeness (QED) is 0.605. The number of hydrogen-bond acceptors (Lipinski definition) is 6. The number of rotatable bonds is 5. The molecule has 1 aliphatic rings. The summed E-state index contributed by atoms with van der Waals surface area (Å²) in [4.78, 5) is 16.9. The van der Waals surface area contributed by atoms with Gasteiger partial charge in [-0.25, -0.2) is 0 Å². The Morgan fingerprint density at radius 1 is 0.966 bits per heavy atom. The van der Waals surface area contributed by atoms with Gasteiger partial charge >= 0.3 is 0 Å². The summed E-state index contributed by atoms with van der Waals surface area (Å²) in [5.74, 6) is 0.452. The number of carbonyl (C=O) groups excluding carboxylic acids is 1. The van der Waals surface area contributed by atoms with Crippen molar-refractivity contribution in [3.63, 3.8) is 0 Å².